The van der Waals surface area contributed by atoms with E-state index in [0.717, 1.165) is 45.2 Å². The lowest BCUT2D eigenvalue weighted by Gasteiger charge is -2.33. The first-order chi connectivity index (χ1) is 14.0. The normalized spacial score (nSPS) is 16.6. The molecule has 1 fully saturated rings. The van der Waals surface area contributed by atoms with E-state index >= 15 is 0 Å². The van der Waals surface area contributed by atoms with Crippen molar-refractivity contribution in [1.82, 2.24) is 20.4 Å². The maximum Gasteiger partial charge on any atom is 0.191 e. The monoisotopic (exact) mass is 530 g/mol. The van der Waals surface area contributed by atoms with E-state index in [0.29, 0.717) is 5.92 Å². The lowest BCUT2D eigenvalue weighted by molar-refractivity contribution is 0.140. The molecule has 2 N–H and O–H groups in total. The van der Waals surface area contributed by atoms with Gasteiger partial charge < -0.3 is 25.3 Å². The SMILES string of the molecule is CCNC(=NCC(C)CN1CCN(C)CC1)NCCN(CC)c1cccc(C)c1.I. The molecule has 1 aromatic carbocycles. The van der Waals surface area contributed by atoms with Gasteiger partial charge in [-0.05, 0) is 51.4 Å². The number of anilines is 1. The fourth-order valence-corrected chi connectivity index (χ4v) is 3.72. The Hall–Kier alpha value is -1.06. The fourth-order valence-electron chi connectivity index (χ4n) is 3.72. The number of nitrogens with zero attached hydrogens (tertiary/aromatic N) is 4. The fraction of sp³-hybridized carbons (Fsp3) is 0.696. The number of aliphatic imine (C=N–C) groups is 1. The first kappa shape index (κ1) is 27.0. The molecule has 0 amide bonds. The Balaban J connectivity index is 0.00000450. The topological polar surface area (TPSA) is 46.1 Å². The zero-order valence-corrected chi connectivity index (χ0v) is 22.0. The van der Waals surface area contributed by atoms with Gasteiger partial charge in [-0.3, -0.25) is 4.99 Å². The molecule has 1 aromatic rings. The maximum atomic E-state index is 4.84. The number of nitrogens with one attached hydrogen (secondary N) is 2. The zero-order valence-electron chi connectivity index (χ0n) is 19.7. The largest absolute Gasteiger partial charge is 0.370 e. The molecule has 0 aromatic heterocycles. The highest BCUT2D eigenvalue weighted by Crippen LogP contribution is 2.15. The molecule has 1 atom stereocenters. The van der Waals surface area contributed by atoms with E-state index in [1.165, 1.54) is 37.4 Å². The first-order valence-corrected chi connectivity index (χ1v) is 11.3. The Bertz CT molecular complexity index is 615. The van der Waals surface area contributed by atoms with E-state index in [2.05, 4.69) is 84.3 Å². The quantitative estimate of drug-likeness (QED) is 0.277. The highest BCUT2D eigenvalue weighted by molar-refractivity contribution is 14.0. The molecule has 7 heteroatoms. The van der Waals surface area contributed by atoms with Crippen LogP contribution in [0.2, 0.25) is 0 Å². The van der Waals surface area contributed by atoms with Crippen molar-refractivity contribution in [1.29, 1.82) is 0 Å². The summed E-state index contributed by atoms with van der Waals surface area (Å²) in [6, 6.07) is 8.72. The summed E-state index contributed by atoms with van der Waals surface area (Å²) in [6.45, 7) is 19.2. The maximum absolute atomic E-state index is 4.84. The third kappa shape index (κ3) is 9.83. The summed E-state index contributed by atoms with van der Waals surface area (Å²) in [7, 11) is 2.21. The number of rotatable bonds is 10. The predicted octanol–water partition coefficient (Wildman–Crippen LogP) is 2.88. The molecular formula is C23H43IN6. The number of guanidine groups is 1. The van der Waals surface area contributed by atoms with Crippen LogP contribution in [0.3, 0.4) is 0 Å². The number of hydrogen-bond donors (Lipinski definition) is 2. The Kier molecular flexibility index (Phi) is 13.4. The molecule has 1 heterocycles. The van der Waals surface area contributed by atoms with Gasteiger partial charge in [-0.1, -0.05) is 19.1 Å². The van der Waals surface area contributed by atoms with Crippen LogP contribution >= 0.6 is 24.0 Å². The number of likely N-dealkylation sites (N-methyl/N-ethyl adjacent to an activating group) is 2. The van der Waals surface area contributed by atoms with Gasteiger partial charge in [-0.2, -0.15) is 0 Å². The van der Waals surface area contributed by atoms with Crippen molar-refractivity contribution in [3.63, 3.8) is 0 Å². The summed E-state index contributed by atoms with van der Waals surface area (Å²) in [5, 5.41) is 6.90. The summed E-state index contributed by atoms with van der Waals surface area (Å²) in [4.78, 5) is 12.2. The van der Waals surface area contributed by atoms with Crippen molar-refractivity contribution in [2.24, 2.45) is 10.9 Å². The highest BCUT2D eigenvalue weighted by atomic mass is 127. The van der Waals surface area contributed by atoms with E-state index < -0.39 is 0 Å². The molecule has 6 nitrogen and oxygen atoms in total. The molecule has 1 saturated heterocycles. The number of aryl methyl sites for hydroxylation is 1. The summed E-state index contributed by atoms with van der Waals surface area (Å²) in [5.41, 5.74) is 2.59. The standard InChI is InChI=1S/C23H42N6.HI/c1-6-24-23(26-18-21(4)19-28-15-13-27(5)14-16-28)25-11-12-29(7-2)22-10-8-9-20(3)17-22;/h8-10,17,21H,6-7,11-16,18-19H2,1-5H3,(H2,24,25,26);1H. The van der Waals surface area contributed by atoms with Crippen molar-refractivity contribution in [2.45, 2.75) is 27.7 Å². The number of piperazine rings is 1. The number of halogens is 1. The minimum Gasteiger partial charge on any atom is -0.370 e. The Morgan fingerprint density at radius 1 is 1.17 bits per heavy atom. The minimum atomic E-state index is 0. The highest BCUT2D eigenvalue weighted by Gasteiger charge is 2.16. The van der Waals surface area contributed by atoms with Crippen LogP contribution in [0.25, 0.3) is 0 Å². The van der Waals surface area contributed by atoms with Crippen molar-refractivity contribution < 1.29 is 0 Å². The van der Waals surface area contributed by atoms with E-state index in [9.17, 15) is 0 Å². The number of hydrogen-bond acceptors (Lipinski definition) is 4. The second-order valence-electron chi connectivity index (χ2n) is 8.27. The van der Waals surface area contributed by atoms with Gasteiger partial charge in [0, 0.05) is 71.1 Å². The molecular weight excluding hydrogens is 487 g/mol. The first-order valence-electron chi connectivity index (χ1n) is 11.3. The molecule has 2 rings (SSSR count). The van der Waals surface area contributed by atoms with Crippen LogP contribution in [0, 0.1) is 12.8 Å². The summed E-state index contributed by atoms with van der Waals surface area (Å²) in [6.07, 6.45) is 0. The van der Waals surface area contributed by atoms with Gasteiger partial charge in [0.2, 0.25) is 0 Å². The average Bonchev–Trinajstić information content (AvgIpc) is 2.71. The molecule has 1 aliphatic heterocycles. The lowest BCUT2D eigenvalue weighted by Crippen LogP contribution is -2.46. The summed E-state index contributed by atoms with van der Waals surface area (Å²) in [5.74, 6) is 1.49. The van der Waals surface area contributed by atoms with Gasteiger partial charge in [-0.15, -0.1) is 24.0 Å². The molecule has 0 saturated carbocycles. The van der Waals surface area contributed by atoms with Crippen LogP contribution in [-0.2, 0) is 0 Å². The van der Waals surface area contributed by atoms with E-state index in [1.807, 2.05) is 0 Å². The zero-order chi connectivity index (χ0) is 21.1. The molecule has 1 unspecified atom stereocenters. The average molecular weight is 531 g/mol. The molecule has 172 valence electrons. The molecule has 30 heavy (non-hydrogen) atoms. The van der Waals surface area contributed by atoms with E-state index in [1.54, 1.807) is 0 Å². The van der Waals surface area contributed by atoms with Crippen LogP contribution < -0.4 is 15.5 Å². The van der Waals surface area contributed by atoms with Gasteiger partial charge >= 0.3 is 0 Å². The smallest absolute Gasteiger partial charge is 0.191 e. The van der Waals surface area contributed by atoms with Gasteiger partial charge in [0.25, 0.3) is 0 Å². The van der Waals surface area contributed by atoms with Gasteiger partial charge in [0.15, 0.2) is 5.96 Å². The Morgan fingerprint density at radius 3 is 2.53 bits per heavy atom. The van der Waals surface area contributed by atoms with Crippen molar-refractivity contribution >= 4 is 35.6 Å². The molecule has 0 aliphatic carbocycles. The van der Waals surface area contributed by atoms with Crippen molar-refractivity contribution in [3.05, 3.63) is 29.8 Å². The third-order valence-corrected chi connectivity index (χ3v) is 5.49. The van der Waals surface area contributed by atoms with Crippen LogP contribution in [0.5, 0.6) is 0 Å². The van der Waals surface area contributed by atoms with Crippen molar-refractivity contribution in [3.8, 4) is 0 Å². The van der Waals surface area contributed by atoms with Crippen LogP contribution in [0.15, 0.2) is 29.3 Å². The van der Waals surface area contributed by atoms with Crippen LogP contribution in [-0.4, -0.2) is 88.3 Å². The van der Waals surface area contributed by atoms with Gasteiger partial charge in [-0.25, -0.2) is 0 Å². The third-order valence-electron chi connectivity index (χ3n) is 5.49. The van der Waals surface area contributed by atoms with Crippen molar-refractivity contribution in [2.75, 3.05) is 77.4 Å². The van der Waals surface area contributed by atoms with Crippen LogP contribution in [0.1, 0.15) is 26.3 Å². The number of benzene rings is 1. The summed E-state index contributed by atoms with van der Waals surface area (Å²) < 4.78 is 0. The van der Waals surface area contributed by atoms with E-state index in [4.69, 9.17) is 4.99 Å². The molecule has 0 radical (unpaired) electrons. The molecule has 0 spiro atoms. The van der Waals surface area contributed by atoms with Gasteiger partial charge in [0.05, 0.1) is 0 Å². The minimum absolute atomic E-state index is 0. The summed E-state index contributed by atoms with van der Waals surface area (Å²) >= 11 is 0. The second-order valence-corrected chi connectivity index (χ2v) is 8.27. The second kappa shape index (κ2) is 14.9. The Morgan fingerprint density at radius 2 is 1.90 bits per heavy atom. The van der Waals surface area contributed by atoms with Crippen LogP contribution in [0.4, 0.5) is 5.69 Å². The molecule has 0 bridgehead atoms. The van der Waals surface area contributed by atoms with E-state index in [-0.39, 0.29) is 24.0 Å². The van der Waals surface area contributed by atoms with Gasteiger partial charge in [0.1, 0.15) is 0 Å². The molecule has 1 aliphatic rings. The Labute approximate surface area is 201 Å². The predicted molar refractivity (Wildman–Crippen MR) is 142 cm³/mol. The lowest BCUT2D eigenvalue weighted by atomic mass is 10.1.